The number of fused-ring (bicyclic) bond motifs is 1. The molecule has 1 N–H and O–H groups in total. The maximum atomic E-state index is 10.3. The Kier molecular flexibility index (Phi) is 4.51. The summed E-state index contributed by atoms with van der Waals surface area (Å²) in [5.41, 5.74) is 2.43. The van der Waals surface area contributed by atoms with Gasteiger partial charge in [-0.25, -0.2) is 0 Å². The molecule has 0 saturated heterocycles. The lowest BCUT2D eigenvalue weighted by molar-refractivity contribution is 0.105. The maximum Gasteiger partial charge on any atom is 0.0624 e. The first-order valence-corrected chi connectivity index (χ1v) is 6.43. The number of aliphatic hydroxyl groups is 1. The van der Waals surface area contributed by atoms with E-state index in [1.165, 1.54) is 5.56 Å². The van der Waals surface area contributed by atoms with Crippen molar-refractivity contribution in [2.75, 3.05) is 13.7 Å². The van der Waals surface area contributed by atoms with Gasteiger partial charge in [-0.05, 0) is 43.7 Å². The molecular weight excluding hydrogens is 214 g/mol. The first-order chi connectivity index (χ1) is 8.33. The van der Waals surface area contributed by atoms with Crippen LogP contribution in [0.1, 0.15) is 42.9 Å². The van der Waals surface area contributed by atoms with Crippen LogP contribution in [0.3, 0.4) is 0 Å². The molecule has 1 aromatic rings. The van der Waals surface area contributed by atoms with E-state index >= 15 is 0 Å². The number of hydrogen-bond donors (Lipinski definition) is 1. The van der Waals surface area contributed by atoms with E-state index in [-0.39, 0.29) is 12.0 Å². The lowest BCUT2D eigenvalue weighted by Crippen LogP contribution is -2.24. The first kappa shape index (κ1) is 12.5. The Morgan fingerprint density at radius 1 is 1.59 bits per heavy atom. The van der Waals surface area contributed by atoms with Crippen molar-refractivity contribution >= 4 is 0 Å². The summed E-state index contributed by atoms with van der Waals surface area (Å²) in [6, 6.07) is 4.12. The van der Waals surface area contributed by atoms with Crippen LogP contribution in [0, 0.1) is 0 Å². The molecule has 0 amide bonds. The SMILES string of the molecule is COCCCC(O)C1CCCc2cccnc21. The van der Waals surface area contributed by atoms with Crippen molar-refractivity contribution < 1.29 is 9.84 Å². The summed E-state index contributed by atoms with van der Waals surface area (Å²) in [4.78, 5) is 4.46. The highest BCUT2D eigenvalue weighted by Crippen LogP contribution is 2.33. The third kappa shape index (κ3) is 3.05. The Morgan fingerprint density at radius 2 is 2.47 bits per heavy atom. The van der Waals surface area contributed by atoms with Gasteiger partial charge < -0.3 is 9.84 Å². The Hall–Kier alpha value is -0.930. The summed E-state index contributed by atoms with van der Waals surface area (Å²) in [5.74, 6) is 0.219. The number of rotatable bonds is 5. The number of methoxy groups -OCH3 is 1. The summed E-state index contributed by atoms with van der Waals surface area (Å²) in [5, 5.41) is 10.3. The Morgan fingerprint density at radius 3 is 3.29 bits per heavy atom. The van der Waals surface area contributed by atoms with Crippen LogP contribution in [0.25, 0.3) is 0 Å². The van der Waals surface area contributed by atoms with Crippen molar-refractivity contribution in [2.24, 2.45) is 0 Å². The van der Waals surface area contributed by atoms with Gasteiger partial charge in [-0.2, -0.15) is 0 Å². The molecule has 1 heterocycles. The smallest absolute Gasteiger partial charge is 0.0624 e. The highest BCUT2D eigenvalue weighted by atomic mass is 16.5. The van der Waals surface area contributed by atoms with Crippen LogP contribution >= 0.6 is 0 Å². The fraction of sp³-hybridized carbons (Fsp3) is 0.643. The minimum atomic E-state index is -0.279. The number of nitrogens with zero attached hydrogens (tertiary/aromatic N) is 1. The molecular formula is C14H21NO2. The van der Waals surface area contributed by atoms with Crippen LogP contribution in [0.4, 0.5) is 0 Å². The molecule has 94 valence electrons. The van der Waals surface area contributed by atoms with E-state index in [1.54, 1.807) is 7.11 Å². The number of ether oxygens (including phenoxy) is 1. The van der Waals surface area contributed by atoms with Gasteiger partial charge in [-0.3, -0.25) is 4.98 Å². The largest absolute Gasteiger partial charge is 0.392 e. The van der Waals surface area contributed by atoms with Crippen molar-refractivity contribution in [3.63, 3.8) is 0 Å². The zero-order chi connectivity index (χ0) is 12.1. The van der Waals surface area contributed by atoms with Gasteiger partial charge in [0.1, 0.15) is 0 Å². The molecule has 17 heavy (non-hydrogen) atoms. The molecule has 3 heteroatoms. The summed E-state index contributed by atoms with van der Waals surface area (Å²) >= 11 is 0. The molecule has 0 fully saturated rings. The second-order valence-electron chi connectivity index (χ2n) is 4.75. The number of aryl methyl sites for hydroxylation is 1. The summed E-state index contributed by atoms with van der Waals surface area (Å²) in [7, 11) is 1.70. The molecule has 0 saturated carbocycles. The molecule has 0 radical (unpaired) electrons. The fourth-order valence-corrected chi connectivity index (χ4v) is 2.66. The zero-order valence-corrected chi connectivity index (χ0v) is 10.4. The van der Waals surface area contributed by atoms with Crippen LogP contribution in [0.15, 0.2) is 18.3 Å². The Bertz CT molecular complexity index is 354. The van der Waals surface area contributed by atoms with Crippen LogP contribution in [-0.2, 0) is 11.2 Å². The predicted octanol–water partition coefficient (Wildman–Crippen LogP) is 2.29. The third-order valence-corrected chi connectivity index (χ3v) is 3.55. The molecule has 0 bridgehead atoms. The standard InChI is InChI=1S/C14H21NO2/c1-17-10-4-8-13(16)12-7-2-5-11-6-3-9-15-14(11)12/h3,6,9,12-13,16H,2,4-5,7-8,10H2,1H3. The Labute approximate surface area is 103 Å². The van der Waals surface area contributed by atoms with Crippen molar-refractivity contribution in [3.8, 4) is 0 Å². The highest BCUT2D eigenvalue weighted by Gasteiger charge is 2.27. The van der Waals surface area contributed by atoms with Gasteiger partial charge in [0.15, 0.2) is 0 Å². The van der Waals surface area contributed by atoms with E-state index in [1.807, 2.05) is 12.3 Å². The van der Waals surface area contributed by atoms with Crippen molar-refractivity contribution in [1.29, 1.82) is 0 Å². The minimum Gasteiger partial charge on any atom is -0.392 e. The van der Waals surface area contributed by atoms with Crippen molar-refractivity contribution in [2.45, 2.75) is 44.1 Å². The zero-order valence-electron chi connectivity index (χ0n) is 10.4. The molecule has 0 aromatic carbocycles. The first-order valence-electron chi connectivity index (χ1n) is 6.43. The van der Waals surface area contributed by atoms with Gasteiger partial charge in [0.2, 0.25) is 0 Å². The van der Waals surface area contributed by atoms with Gasteiger partial charge >= 0.3 is 0 Å². The van der Waals surface area contributed by atoms with Gasteiger partial charge in [0.25, 0.3) is 0 Å². The molecule has 0 spiro atoms. The lowest BCUT2D eigenvalue weighted by atomic mass is 9.82. The molecule has 0 aliphatic heterocycles. The van der Waals surface area contributed by atoms with Gasteiger partial charge in [-0.1, -0.05) is 6.07 Å². The van der Waals surface area contributed by atoms with E-state index < -0.39 is 0 Å². The summed E-state index contributed by atoms with van der Waals surface area (Å²) < 4.78 is 5.02. The Balaban J connectivity index is 2.02. The summed E-state index contributed by atoms with van der Waals surface area (Å²) in [6.45, 7) is 0.721. The van der Waals surface area contributed by atoms with E-state index in [4.69, 9.17) is 4.74 Å². The number of aromatic nitrogens is 1. The monoisotopic (exact) mass is 235 g/mol. The topological polar surface area (TPSA) is 42.4 Å². The normalized spacial score (nSPS) is 20.9. The molecule has 2 unspecified atom stereocenters. The van der Waals surface area contributed by atoms with E-state index in [0.29, 0.717) is 0 Å². The van der Waals surface area contributed by atoms with Gasteiger partial charge in [0, 0.05) is 31.5 Å². The van der Waals surface area contributed by atoms with E-state index in [9.17, 15) is 5.11 Å². The average molecular weight is 235 g/mol. The predicted molar refractivity (Wildman–Crippen MR) is 67.0 cm³/mol. The minimum absolute atomic E-state index is 0.219. The van der Waals surface area contributed by atoms with E-state index in [2.05, 4.69) is 11.1 Å². The maximum absolute atomic E-state index is 10.3. The second-order valence-corrected chi connectivity index (χ2v) is 4.75. The highest BCUT2D eigenvalue weighted by molar-refractivity contribution is 5.26. The second kappa shape index (κ2) is 6.12. The lowest BCUT2D eigenvalue weighted by Gasteiger charge is -2.28. The fourth-order valence-electron chi connectivity index (χ4n) is 2.66. The molecule has 1 aliphatic rings. The van der Waals surface area contributed by atoms with Crippen LogP contribution < -0.4 is 0 Å². The number of aliphatic hydroxyl groups excluding tert-OH is 1. The van der Waals surface area contributed by atoms with Gasteiger partial charge in [-0.15, -0.1) is 0 Å². The molecule has 2 atom stereocenters. The molecule has 1 aliphatic carbocycles. The number of pyridine rings is 1. The van der Waals surface area contributed by atoms with Gasteiger partial charge in [0.05, 0.1) is 6.10 Å². The van der Waals surface area contributed by atoms with Crippen LogP contribution in [0.2, 0.25) is 0 Å². The van der Waals surface area contributed by atoms with Crippen LogP contribution in [0.5, 0.6) is 0 Å². The summed E-state index contributed by atoms with van der Waals surface area (Å²) in [6.07, 6.45) is 6.58. The third-order valence-electron chi connectivity index (χ3n) is 3.55. The number of hydrogen-bond acceptors (Lipinski definition) is 3. The average Bonchev–Trinajstić information content (AvgIpc) is 2.38. The molecule has 3 nitrogen and oxygen atoms in total. The van der Waals surface area contributed by atoms with Crippen LogP contribution in [-0.4, -0.2) is 29.9 Å². The van der Waals surface area contributed by atoms with Crippen molar-refractivity contribution in [3.05, 3.63) is 29.6 Å². The van der Waals surface area contributed by atoms with E-state index in [0.717, 1.165) is 44.4 Å². The molecule has 2 rings (SSSR count). The van der Waals surface area contributed by atoms with Crippen molar-refractivity contribution in [1.82, 2.24) is 4.98 Å². The quantitative estimate of drug-likeness (QED) is 0.796. The molecule has 1 aromatic heterocycles.